The van der Waals surface area contributed by atoms with E-state index in [9.17, 15) is 4.79 Å². The maximum Gasteiger partial charge on any atom is 0.319 e. The molecule has 0 fully saturated rings. The minimum absolute atomic E-state index is 0.0352. The van der Waals surface area contributed by atoms with Crippen LogP contribution in [0.1, 0.15) is 25.8 Å². The Hall–Kier alpha value is -2.41. The Morgan fingerprint density at radius 2 is 2.16 bits per heavy atom. The van der Waals surface area contributed by atoms with Gasteiger partial charge < -0.3 is 15.2 Å². The van der Waals surface area contributed by atoms with Gasteiger partial charge in [0, 0.05) is 24.6 Å². The van der Waals surface area contributed by atoms with Gasteiger partial charge in [-0.25, -0.2) is 14.8 Å². The highest BCUT2D eigenvalue weighted by atomic mass is 32.1. The summed E-state index contributed by atoms with van der Waals surface area (Å²) in [6, 6.07) is 5.54. The fourth-order valence-corrected chi connectivity index (χ4v) is 3.39. The van der Waals surface area contributed by atoms with Crippen molar-refractivity contribution in [3.8, 4) is 0 Å². The van der Waals surface area contributed by atoms with Crippen LogP contribution in [0.4, 0.5) is 10.5 Å². The molecule has 25 heavy (non-hydrogen) atoms. The second kappa shape index (κ2) is 6.84. The van der Waals surface area contributed by atoms with Crippen molar-refractivity contribution >= 4 is 33.3 Å². The third-order valence-corrected chi connectivity index (χ3v) is 5.01. The normalized spacial score (nSPS) is 13.0. The van der Waals surface area contributed by atoms with Gasteiger partial charge in [0.1, 0.15) is 0 Å². The molecule has 0 spiro atoms. The zero-order valence-electron chi connectivity index (χ0n) is 14.9. The predicted octanol–water partition coefficient (Wildman–Crippen LogP) is 4.04. The molecule has 0 saturated carbocycles. The molecular weight excluding hydrogens is 334 g/mol. The quantitative estimate of drug-likeness (QED) is 0.740. The summed E-state index contributed by atoms with van der Waals surface area (Å²) in [7, 11) is 0. The van der Waals surface area contributed by atoms with Crippen molar-refractivity contribution in [3.63, 3.8) is 0 Å². The summed E-state index contributed by atoms with van der Waals surface area (Å²) in [6.07, 6.45) is 5.40. The number of urea groups is 1. The van der Waals surface area contributed by atoms with Gasteiger partial charge in [-0.1, -0.05) is 20.8 Å². The van der Waals surface area contributed by atoms with Crippen molar-refractivity contribution in [1.82, 2.24) is 19.9 Å². The molecule has 0 saturated heterocycles. The Kier molecular flexibility index (Phi) is 4.76. The number of nitrogens with zero attached hydrogens (tertiary/aromatic N) is 3. The smallest absolute Gasteiger partial charge is 0.319 e. The van der Waals surface area contributed by atoms with Gasteiger partial charge in [0.2, 0.25) is 0 Å². The average Bonchev–Trinajstić information content (AvgIpc) is 3.13. The van der Waals surface area contributed by atoms with Crippen molar-refractivity contribution in [1.29, 1.82) is 0 Å². The summed E-state index contributed by atoms with van der Waals surface area (Å²) in [5.41, 5.74) is 1.56. The van der Waals surface area contributed by atoms with E-state index in [-0.39, 0.29) is 17.5 Å². The number of rotatable bonds is 4. The number of thiazole rings is 1. The third-order valence-electron chi connectivity index (χ3n) is 4.06. The molecule has 3 rings (SSSR count). The van der Waals surface area contributed by atoms with Crippen LogP contribution in [-0.4, -0.2) is 26.6 Å². The van der Waals surface area contributed by atoms with E-state index in [0.717, 1.165) is 20.9 Å². The van der Waals surface area contributed by atoms with Crippen LogP contribution in [0.3, 0.4) is 0 Å². The maximum absolute atomic E-state index is 12.5. The van der Waals surface area contributed by atoms with Crippen LogP contribution < -0.4 is 10.6 Å². The number of hydrogen-bond acceptors (Lipinski definition) is 4. The number of aryl methyl sites for hydroxylation is 1. The Morgan fingerprint density at radius 3 is 2.84 bits per heavy atom. The van der Waals surface area contributed by atoms with Crippen LogP contribution in [0.15, 0.2) is 36.9 Å². The number of anilines is 1. The number of aromatic nitrogens is 3. The van der Waals surface area contributed by atoms with E-state index in [1.807, 2.05) is 35.9 Å². The second-order valence-electron chi connectivity index (χ2n) is 7.19. The zero-order valence-corrected chi connectivity index (χ0v) is 15.7. The molecule has 2 amide bonds. The molecule has 0 bridgehead atoms. The molecule has 3 aromatic rings. The van der Waals surface area contributed by atoms with Crippen LogP contribution in [0.2, 0.25) is 0 Å². The predicted molar refractivity (Wildman–Crippen MR) is 102 cm³/mol. The summed E-state index contributed by atoms with van der Waals surface area (Å²) in [5, 5.41) is 7.01. The molecule has 6 nitrogen and oxygen atoms in total. The maximum atomic E-state index is 12.5. The first-order valence-corrected chi connectivity index (χ1v) is 9.03. The first kappa shape index (κ1) is 17.4. The summed E-state index contributed by atoms with van der Waals surface area (Å²) < 4.78 is 3.09. The minimum Gasteiger partial charge on any atom is -0.335 e. The van der Waals surface area contributed by atoms with Gasteiger partial charge in [-0.2, -0.15) is 0 Å². The van der Waals surface area contributed by atoms with E-state index in [4.69, 9.17) is 0 Å². The van der Waals surface area contributed by atoms with E-state index >= 15 is 0 Å². The molecule has 0 radical (unpaired) electrons. The molecule has 7 heteroatoms. The minimum atomic E-state index is -0.216. The lowest BCUT2D eigenvalue weighted by atomic mass is 9.86. The summed E-state index contributed by atoms with van der Waals surface area (Å²) in [5.74, 6) is 0. The van der Waals surface area contributed by atoms with E-state index < -0.39 is 0 Å². The van der Waals surface area contributed by atoms with E-state index in [1.165, 1.54) is 0 Å². The Morgan fingerprint density at radius 1 is 1.36 bits per heavy atom. The summed E-state index contributed by atoms with van der Waals surface area (Å²) >= 11 is 1.65. The number of hydrogen-bond donors (Lipinski definition) is 2. The van der Waals surface area contributed by atoms with Crippen molar-refractivity contribution < 1.29 is 4.79 Å². The highest BCUT2D eigenvalue weighted by molar-refractivity contribution is 7.18. The highest BCUT2D eigenvalue weighted by Gasteiger charge is 2.26. The lowest BCUT2D eigenvalue weighted by Gasteiger charge is -2.31. The van der Waals surface area contributed by atoms with Gasteiger partial charge in [-0.15, -0.1) is 11.3 Å². The number of imidazole rings is 1. The summed E-state index contributed by atoms with van der Waals surface area (Å²) in [4.78, 5) is 21.0. The van der Waals surface area contributed by atoms with Gasteiger partial charge in [0.05, 0.1) is 27.6 Å². The fraction of sp³-hybridized carbons (Fsp3) is 0.389. The van der Waals surface area contributed by atoms with Gasteiger partial charge in [0.15, 0.2) is 0 Å². The van der Waals surface area contributed by atoms with Gasteiger partial charge in [-0.3, -0.25) is 0 Å². The van der Waals surface area contributed by atoms with Crippen LogP contribution in [-0.2, 0) is 6.54 Å². The number of fused-ring (bicyclic) bond motifs is 1. The molecule has 1 aromatic carbocycles. The van der Waals surface area contributed by atoms with Gasteiger partial charge >= 0.3 is 6.03 Å². The van der Waals surface area contributed by atoms with E-state index in [2.05, 4.69) is 41.4 Å². The van der Waals surface area contributed by atoms with Crippen molar-refractivity contribution in [2.75, 3.05) is 5.32 Å². The number of benzene rings is 1. The summed E-state index contributed by atoms with van der Waals surface area (Å²) in [6.45, 7) is 8.98. The van der Waals surface area contributed by atoms with E-state index in [0.29, 0.717) is 6.54 Å². The van der Waals surface area contributed by atoms with Crippen LogP contribution >= 0.6 is 11.3 Å². The number of nitrogens with one attached hydrogen (secondary N) is 2. The topological polar surface area (TPSA) is 71.8 Å². The molecule has 0 aliphatic carbocycles. The molecule has 2 aromatic heterocycles. The molecule has 2 N–H and O–H groups in total. The molecule has 132 valence electrons. The Labute approximate surface area is 151 Å². The van der Waals surface area contributed by atoms with Crippen LogP contribution in [0.5, 0.6) is 0 Å². The SMILES string of the molecule is Cc1nc2cc(NC(=O)NC(Cn3ccnc3)C(C)(C)C)ccc2s1. The molecule has 1 atom stereocenters. The lowest BCUT2D eigenvalue weighted by molar-refractivity contribution is 0.219. The van der Waals surface area contributed by atoms with Crippen LogP contribution in [0.25, 0.3) is 10.2 Å². The average molecular weight is 357 g/mol. The second-order valence-corrected chi connectivity index (χ2v) is 8.43. The molecular formula is C18H23N5OS. The number of carbonyl (C=O) groups excluding carboxylic acids is 1. The van der Waals surface area contributed by atoms with E-state index in [1.54, 1.807) is 23.9 Å². The molecule has 0 aliphatic heterocycles. The van der Waals surface area contributed by atoms with Gasteiger partial charge in [-0.05, 0) is 30.5 Å². The fourth-order valence-electron chi connectivity index (χ4n) is 2.59. The third kappa shape index (κ3) is 4.36. The first-order valence-electron chi connectivity index (χ1n) is 8.22. The number of carbonyl (C=O) groups is 1. The standard InChI is InChI=1S/C18H23N5OS/c1-12-20-14-9-13(5-6-15(14)25-12)21-17(24)22-16(18(2,3)4)10-23-8-7-19-11-23/h5-9,11,16H,10H2,1-4H3,(H2,21,22,24). The van der Waals surface area contributed by atoms with Crippen molar-refractivity contribution in [2.24, 2.45) is 5.41 Å². The monoisotopic (exact) mass is 357 g/mol. The Bertz CT molecular complexity index is 863. The molecule has 2 heterocycles. The zero-order chi connectivity index (χ0) is 18.0. The van der Waals surface area contributed by atoms with Crippen molar-refractivity contribution in [2.45, 2.75) is 40.3 Å². The number of amides is 2. The molecule has 0 aliphatic rings. The highest BCUT2D eigenvalue weighted by Crippen LogP contribution is 2.25. The largest absolute Gasteiger partial charge is 0.335 e. The van der Waals surface area contributed by atoms with Crippen LogP contribution in [0, 0.1) is 12.3 Å². The lowest BCUT2D eigenvalue weighted by Crippen LogP contribution is -2.47. The van der Waals surface area contributed by atoms with Crippen molar-refractivity contribution in [3.05, 3.63) is 41.9 Å². The van der Waals surface area contributed by atoms with Gasteiger partial charge in [0.25, 0.3) is 0 Å². The first-order chi connectivity index (χ1) is 11.8. The Balaban J connectivity index is 1.69. The molecule has 1 unspecified atom stereocenters.